The summed E-state index contributed by atoms with van der Waals surface area (Å²) in [5.41, 5.74) is 2.29. The number of carbonyl (C=O) groups excluding carboxylic acids is 2. The zero-order chi connectivity index (χ0) is 24.6. The number of likely N-dealkylation sites (tertiary alicyclic amines) is 1. The van der Waals surface area contributed by atoms with Crippen molar-refractivity contribution in [3.63, 3.8) is 0 Å². The Kier molecular flexibility index (Phi) is 6.08. The van der Waals surface area contributed by atoms with E-state index in [-0.39, 0.29) is 24.0 Å². The molecular formula is C27H31N5O4. The van der Waals surface area contributed by atoms with Crippen LogP contribution in [0.25, 0.3) is 0 Å². The van der Waals surface area contributed by atoms with Crippen molar-refractivity contribution >= 4 is 11.8 Å². The van der Waals surface area contributed by atoms with Crippen molar-refractivity contribution in [3.05, 3.63) is 59.9 Å². The third-order valence-corrected chi connectivity index (χ3v) is 7.74. The van der Waals surface area contributed by atoms with Gasteiger partial charge in [0.15, 0.2) is 0 Å². The Bertz CT molecular complexity index is 1170. The number of hydrogen-bond acceptors (Lipinski definition) is 7. The van der Waals surface area contributed by atoms with E-state index >= 15 is 0 Å². The van der Waals surface area contributed by atoms with Crippen molar-refractivity contribution in [1.82, 2.24) is 25.3 Å². The number of hydrogen-bond donors (Lipinski definition) is 1. The van der Waals surface area contributed by atoms with Gasteiger partial charge in [-0.3, -0.25) is 14.5 Å². The lowest BCUT2D eigenvalue weighted by Crippen LogP contribution is -2.62. The maximum atomic E-state index is 13.0. The van der Waals surface area contributed by atoms with Crippen LogP contribution in [0.2, 0.25) is 0 Å². The van der Waals surface area contributed by atoms with Gasteiger partial charge in [-0.2, -0.15) is 5.10 Å². The van der Waals surface area contributed by atoms with E-state index in [1.54, 1.807) is 11.1 Å². The van der Waals surface area contributed by atoms with Gasteiger partial charge in [-0.1, -0.05) is 13.0 Å². The molecule has 9 heteroatoms. The highest BCUT2D eigenvalue weighted by atomic mass is 16.5. The number of aromatic nitrogens is 2. The predicted octanol–water partition coefficient (Wildman–Crippen LogP) is 2.68. The molecule has 1 aliphatic carbocycles. The van der Waals surface area contributed by atoms with Crippen LogP contribution >= 0.6 is 0 Å². The van der Waals surface area contributed by atoms with Crippen LogP contribution in [-0.4, -0.2) is 69.2 Å². The zero-order valence-electron chi connectivity index (χ0n) is 20.3. The number of fused-ring (bicyclic) bond motifs is 1. The van der Waals surface area contributed by atoms with Crippen LogP contribution in [-0.2, 0) is 11.3 Å². The number of benzene rings is 1. The molecule has 1 aromatic carbocycles. The van der Waals surface area contributed by atoms with Gasteiger partial charge in [-0.15, -0.1) is 5.10 Å². The average Bonchev–Trinajstić information content (AvgIpc) is 3.18. The van der Waals surface area contributed by atoms with Gasteiger partial charge in [0.05, 0.1) is 0 Å². The summed E-state index contributed by atoms with van der Waals surface area (Å²) in [6.07, 6.45) is 7.60. The maximum absolute atomic E-state index is 13.0. The first-order valence-electron chi connectivity index (χ1n) is 12.8. The minimum absolute atomic E-state index is 0.0884. The van der Waals surface area contributed by atoms with Crippen LogP contribution in [0.1, 0.15) is 54.4 Å². The summed E-state index contributed by atoms with van der Waals surface area (Å²) in [4.78, 5) is 29.6. The second-order valence-electron chi connectivity index (χ2n) is 10.2. The molecule has 1 N–H and O–H groups in total. The fourth-order valence-corrected chi connectivity index (χ4v) is 5.85. The molecule has 9 nitrogen and oxygen atoms in total. The summed E-state index contributed by atoms with van der Waals surface area (Å²) in [5, 5.41) is 10.7. The maximum Gasteiger partial charge on any atom is 0.255 e. The minimum Gasteiger partial charge on any atom is -0.489 e. The standard InChI is InChI=1S/C27H31N5O4/c1-17-8-11-23(26(33)29-17)32-14-18-13-19(9-10-21(18)27(32)34)35-24-6-3-2-5-22(24)31-15-20(16-31)36-25-7-4-12-28-30-25/h4,7,9-10,12-13,20,22-24H,1-3,5-6,8,11,14-16H2,(H,29,33). The fourth-order valence-electron chi connectivity index (χ4n) is 5.85. The Morgan fingerprint density at radius 2 is 1.92 bits per heavy atom. The van der Waals surface area contributed by atoms with Gasteiger partial charge in [0.2, 0.25) is 11.8 Å². The quantitative estimate of drug-likeness (QED) is 0.666. The Morgan fingerprint density at radius 3 is 2.72 bits per heavy atom. The number of carbonyl (C=O) groups is 2. The molecule has 6 rings (SSSR count). The van der Waals surface area contributed by atoms with Crippen LogP contribution in [0.5, 0.6) is 11.6 Å². The van der Waals surface area contributed by atoms with E-state index in [1.165, 1.54) is 6.42 Å². The van der Waals surface area contributed by atoms with Crippen LogP contribution in [0, 0.1) is 0 Å². The summed E-state index contributed by atoms with van der Waals surface area (Å²) >= 11 is 0. The topological polar surface area (TPSA) is 96.9 Å². The molecule has 3 atom stereocenters. The second-order valence-corrected chi connectivity index (χ2v) is 10.2. The van der Waals surface area contributed by atoms with Gasteiger partial charge in [0, 0.05) is 49.2 Å². The van der Waals surface area contributed by atoms with E-state index in [0.29, 0.717) is 42.6 Å². The molecule has 1 aromatic heterocycles. The lowest BCUT2D eigenvalue weighted by molar-refractivity contribution is -0.126. The van der Waals surface area contributed by atoms with Crippen LogP contribution in [0.4, 0.5) is 0 Å². The van der Waals surface area contributed by atoms with Crippen molar-refractivity contribution in [1.29, 1.82) is 0 Å². The Morgan fingerprint density at radius 1 is 1.06 bits per heavy atom. The molecule has 3 unspecified atom stereocenters. The number of amides is 2. The number of ether oxygens (including phenoxy) is 2. The van der Waals surface area contributed by atoms with E-state index in [9.17, 15) is 9.59 Å². The first-order chi connectivity index (χ1) is 17.5. The van der Waals surface area contributed by atoms with Gasteiger partial charge in [-0.05, 0) is 61.9 Å². The molecule has 0 spiro atoms. The molecule has 36 heavy (non-hydrogen) atoms. The number of nitrogens with one attached hydrogen (secondary N) is 1. The summed E-state index contributed by atoms with van der Waals surface area (Å²) < 4.78 is 12.5. The second kappa shape index (κ2) is 9.54. The molecule has 2 saturated heterocycles. The predicted molar refractivity (Wildman–Crippen MR) is 131 cm³/mol. The third-order valence-electron chi connectivity index (χ3n) is 7.74. The Balaban J connectivity index is 1.09. The summed E-state index contributed by atoms with van der Waals surface area (Å²) in [6.45, 7) is 5.97. The average molecular weight is 490 g/mol. The highest BCUT2D eigenvalue weighted by Crippen LogP contribution is 2.34. The lowest BCUT2D eigenvalue weighted by atomic mass is 9.89. The molecule has 2 aromatic rings. The first kappa shape index (κ1) is 23.0. The molecule has 1 saturated carbocycles. The smallest absolute Gasteiger partial charge is 0.255 e. The number of rotatable bonds is 6. The van der Waals surface area contributed by atoms with E-state index in [0.717, 1.165) is 43.7 Å². The SMILES string of the molecule is C=C1CCC(N2Cc3cc(OC4CCCCC4N4CC(Oc5cccnn5)C4)ccc3C2=O)C(=O)N1. The summed E-state index contributed by atoms with van der Waals surface area (Å²) in [5.74, 6) is 1.12. The Hall–Kier alpha value is -3.46. The molecule has 2 amide bonds. The molecule has 4 aliphatic rings. The van der Waals surface area contributed by atoms with Crippen molar-refractivity contribution in [3.8, 4) is 11.6 Å². The van der Waals surface area contributed by atoms with Gasteiger partial charge in [0.1, 0.15) is 24.0 Å². The fraction of sp³-hybridized carbons (Fsp3) is 0.481. The van der Waals surface area contributed by atoms with Gasteiger partial charge < -0.3 is 19.7 Å². The van der Waals surface area contributed by atoms with Crippen molar-refractivity contribution in [2.24, 2.45) is 0 Å². The normalized spacial score (nSPS) is 26.8. The monoisotopic (exact) mass is 489 g/mol. The van der Waals surface area contributed by atoms with Crippen molar-refractivity contribution < 1.29 is 19.1 Å². The van der Waals surface area contributed by atoms with E-state index in [4.69, 9.17) is 9.47 Å². The Labute approximate surface area is 210 Å². The molecule has 3 aliphatic heterocycles. The molecular weight excluding hydrogens is 458 g/mol. The number of piperidine rings is 1. The minimum atomic E-state index is -0.453. The molecule has 188 valence electrons. The van der Waals surface area contributed by atoms with E-state index < -0.39 is 6.04 Å². The lowest BCUT2D eigenvalue weighted by Gasteiger charge is -2.47. The van der Waals surface area contributed by atoms with Gasteiger partial charge in [0.25, 0.3) is 5.91 Å². The molecule has 0 bridgehead atoms. The molecule has 3 fully saturated rings. The van der Waals surface area contributed by atoms with Gasteiger partial charge >= 0.3 is 0 Å². The number of nitrogens with zero attached hydrogens (tertiary/aromatic N) is 4. The highest BCUT2D eigenvalue weighted by molar-refractivity contribution is 6.01. The first-order valence-corrected chi connectivity index (χ1v) is 12.8. The van der Waals surface area contributed by atoms with Crippen molar-refractivity contribution in [2.45, 2.75) is 69.4 Å². The molecule has 0 radical (unpaired) electrons. The van der Waals surface area contributed by atoms with E-state index in [1.807, 2.05) is 30.3 Å². The van der Waals surface area contributed by atoms with Crippen LogP contribution in [0.3, 0.4) is 0 Å². The summed E-state index contributed by atoms with van der Waals surface area (Å²) in [7, 11) is 0. The summed E-state index contributed by atoms with van der Waals surface area (Å²) in [6, 6.07) is 9.27. The zero-order valence-corrected chi connectivity index (χ0v) is 20.3. The van der Waals surface area contributed by atoms with Gasteiger partial charge in [-0.25, -0.2) is 0 Å². The number of allylic oxidation sites excluding steroid dienone is 1. The molecule has 4 heterocycles. The highest BCUT2D eigenvalue weighted by Gasteiger charge is 2.41. The van der Waals surface area contributed by atoms with Crippen LogP contribution in [0.15, 0.2) is 48.8 Å². The third kappa shape index (κ3) is 4.43. The largest absolute Gasteiger partial charge is 0.489 e. The van der Waals surface area contributed by atoms with E-state index in [2.05, 4.69) is 27.0 Å². The van der Waals surface area contributed by atoms with Crippen molar-refractivity contribution in [2.75, 3.05) is 13.1 Å². The van der Waals surface area contributed by atoms with Crippen LogP contribution < -0.4 is 14.8 Å².